The van der Waals surface area contributed by atoms with Gasteiger partial charge in [0.05, 0.1) is 6.61 Å². The Balaban J connectivity index is 2.16. The predicted molar refractivity (Wildman–Crippen MR) is 75.1 cm³/mol. The van der Waals surface area contributed by atoms with Crippen molar-refractivity contribution in [2.75, 3.05) is 6.61 Å². The number of nitrogens with zero attached hydrogens (tertiary/aromatic N) is 1. The molecule has 13 nitrogen and oxygen atoms in total. The molecule has 2 heterocycles. The fourth-order valence-corrected chi connectivity index (χ4v) is 3.11. The maximum atomic E-state index is 11.7. The minimum atomic E-state index is -5.45. The second kappa shape index (κ2) is 6.64. The zero-order chi connectivity index (χ0) is 18.3. The van der Waals surface area contributed by atoms with Gasteiger partial charge in [0.1, 0.15) is 18.3 Å². The molecule has 2 rings (SSSR count). The van der Waals surface area contributed by atoms with Gasteiger partial charge >= 0.3 is 20.3 Å². The molecule has 1 fully saturated rings. The van der Waals surface area contributed by atoms with Gasteiger partial charge in [0.15, 0.2) is 6.23 Å². The second-order valence-electron chi connectivity index (χ2n) is 4.86. The number of hydrogen-bond donors (Lipinski definition) is 6. The first-order valence-electron chi connectivity index (χ1n) is 6.30. The van der Waals surface area contributed by atoms with E-state index in [0.717, 1.165) is 16.8 Å². The van der Waals surface area contributed by atoms with Gasteiger partial charge in [-0.05, 0) is 0 Å². The van der Waals surface area contributed by atoms with Gasteiger partial charge in [0.2, 0.25) is 0 Å². The van der Waals surface area contributed by atoms with Crippen molar-refractivity contribution in [2.45, 2.75) is 24.5 Å². The van der Waals surface area contributed by atoms with E-state index in [4.69, 9.17) is 19.4 Å². The molecule has 5 atom stereocenters. The van der Waals surface area contributed by atoms with Crippen LogP contribution in [-0.4, -0.2) is 59.4 Å². The number of nitrogens with one attached hydrogen (secondary N) is 1. The molecule has 1 aliphatic rings. The number of H-pyrrole nitrogens is 1. The first-order valence-corrected chi connectivity index (χ1v) is 10.2. The molecule has 6 N–H and O–H groups in total. The first kappa shape index (κ1) is 19.2. The second-order valence-corrected chi connectivity index (χ2v) is 10.2. The normalized spacial score (nSPS) is 30.2. The van der Waals surface area contributed by atoms with Gasteiger partial charge in [-0.25, -0.2) is 13.9 Å². The van der Waals surface area contributed by atoms with Crippen molar-refractivity contribution in [3.8, 4) is 0 Å². The Labute approximate surface area is 132 Å². The molecule has 0 aliphatic carbocycles. The molecule has 0 amide bonds. The Morgan fingerprint density at radius 1 is 1.21 bits per heavy atom. The van der Waals surface area contributed by atoms with Gasteiger partial charge in [-0.2, -0.15) is 0 Å². The smallest absolute Gasteiger partial charge is 0.387 e. The molecule has 2 unspecified atom stereocenters. The van der Waals surface area contributed by atoms with Crippen LogP contribution in [0.3, 0.4) is 0 Å². The molecule has 24 heavy (non-hydrogen) atoms. The molecule has 1 aromatic rings. The minimum Gasteiger partial charge on any atom is -0.387 e. The fourth-order valence-electron chi connectivity index (χ4n) is 1.97. The summed E-state index contributed by atoms with van der Waals surface area (Å²) in [6.07, 6.45) is -5.28. The van der Waals surface area contributed by atoms with E-state index < -0.39 is 57.0 Å². The van der Waals surface area contributed by atoms with E-state index in [1.54, 1.807) is 0 Å². The molecule has 1 aromatic heterocycles. The number of ether oxygens (including phenoxy) is 1. The summed E-state index contributed by atoms with van der Waals surface area (Å²) in [4.78, 5) is 51.0. The molecule has 0 aromatic carbocycles. The Morgan fingerprint density at radius 2 is 1.83 bits per heavy atom. The lowest BCUT2D eigenvalue weighted by atomic mass is 10.1. The lowest BCUT2D eigenvalue weighted by Gasteiger charge is -2.18. The molecule has 0 saturated carbocycles. The van der Waals surface area contributed by atoms with Crippen LogP contribution in [0.15, 0.2) is 21.9 Å². The highest BCUT2D eigenvalue weighted by Crippen LogP contribution is 2.74. The number of aromatic nitrogens is 2. The monoisotopic (exact) mass is 388 g/mol. The van der Waals surface area contributed by atoms with E-state index in [-0.39, 0.29) is 0 Å². The quantitative estimate of drug-likeness (QED) is 0.289. The third kappa shape index (κ3) is 3.75. The fraction of sp³-hybridized carbons (Fsp3) is 0.556. The third-order valence-corrected chi connectivity index (χ3v) is 6.66. The Bertz CT molecular complexity index is 812. The van der Waals surface area contributed by atoms with Crippen LogP contribution in [0.25, 0.3) is 0 Å². The molecule has 136 valence electrons. The summed E-state index contributed by atoms with van der Waals surface area (Å²) in [6, 6.07) is 0.962. The van der Waals surface area contributed by atoms with Crippen molar-refractivity contribution >= 4 is 14.6 Å². The van der Waals surface area contributed by atoms with Crippen molar-refractivity contribution in [1.29, 1.82) is 0 Å². The van der Waals surface area contributed by atoms with Gasteiger partial charge in [-0.15, -0.1) is 0 Å². The summed E-state index contributed by atoms with van der Waals surface area (Å²) in [6.45, 7) is -0.939. The van der Waals surface area contributed by atoms with Gasteiger partial charge in [-0.1, -0.05) is 0 Å². The van der Waals surface area contributed by atoms with E-state index in [2.05, 4.69) is 4.52 Å². The van der Waals surface area contributed by atoms with Gasteiger partial charge in [-0.3, -0.25) is 18.9 Å². The number of aromatic amines is 1. The zero-order valence-corrected chi connectivity index (χ0v) is 13.5. The number of hydrogen-bond acceptors (Lipinski definition) is 8. The topological polar surface area (TPSA) is 209 Å². The molecule has 0 spiro atoms. The molecular formula is C9H14N2O11P2. The summed E-state index contributed by atoms with van der Waals surface area (Å²) in [5.74, 6) is 0. The largest absolute Gasteiger partial charge is 0.438 e. The number of aliphatic hydroxyl groups is 2. The highest BCUT2D eigenvalue weighted by atomic mass is 32.1. The molecule has 1 aliphatic heterocycles. The van der Waals surface area contributed by atoms with Gasteiger partial charge in [0.25, 0.3) is 5.56 Å². The standard InChI is InChI=1S/C9H14N2O11P2/c12-5-1-2-11(9(15)10-5)8-7(14)6(13)4(22-8)3-21-24(19,20)23(16,17)18/h1-2,4,6-8,13-14H,3H2,(H,19,20)(H,10,12,15)(H2,16,17,18)/t4-,6?,7+,8-/m1/s1. The number of aliphatic hydroxyl groups excluding tert-OH is 2. The van der Waals surface area contributed by atoms with E-state index in [9.17, 15) is 28.9 Å². The van der Waals surface area contributed by atoms with E-state index in [1.165, 1.54) is 0 Å². The molecular weight excluding hydrogens is 374 g/mol. The van der Waals surface area contributed by atoms with Crippen molar-refractivity contribution < 1.29 is 43.3 Å². The first-order chi connectivity index (χ1) is 10.9. The minimum absolute atomic E-state index is 0.702. The van der Waals surface area contributed by atoms with Crippen molar-refractivity contribution in [3.05, 3.63) is 33.1 Å². The maximum absolute atomic E-state index is 11.7. The predicted octanol–water partition coefficient (Wildman–Crippen LogP) is -2.55. The lowest BCUT2D eigenvalue weighted by molar-refractivity contribution is -0.0522. The maximum Gasteiger partial charge on any atom is 0.438 e. The summed E-state index contributed by atoms with van der Waals surface area (Å²) in [5, 5.41) is 19.7. The molecule has 0 radical (unpaired) electrons. The summed E-state index contributed by atoms with van der Waals surface area (Å²) in [7, 11) is -10.8. The summed E-state index contributed by atoms with van der Waals surface area (Å²) >= 11 is 0. The Morgan fingerprint density at radius 3 is 2.38 bits per heavy atom. The van der Waals surface area contributed by atoms with E-state index in [1.807, 2.05) is 4.98 Å². The molecule has 1 saturated heterocycles. The summed E-state index contributed by atoms with van der Waals surface area (Å²) < 4.78 is 32.2. The van der Waals surface area contributed by atoms with Crippen LogP contribution < -0.4 is 11.2 Å². The highest BCUT2D eigenvalue weighted by Gasteiger charge is 2.47. The Hall–Kier alpha value is -1.14. The van der Waals surface area contributed by atoms with Gasteiger partial charge < -0.3 is 29.6 Å². The van der Waals surface area contributed by atoms with Crippen LogP contribution in [0.4, 0.5) is 0 Å². The van der Waals surface area contributed by atoms with Crippen molar-refractivity contribution in [3.63, 3.8) is 0 Å². The van der Waals surface area contributed by atoms with Crippen LogP contribution in [0.2, 0.25) is 0 Å². The molecule has 15 heteroatoms. The van der Waals surface area contributed by atoms with E-state index >= 15 is 0 Å². The van der Waals surface area contributed by atoms with Crippen LogP contribution in [0.5, 0.6) is 0 Å². The van der Waals surface area contributed by atoms with E-state index in [0.29, 0.717) is 0 Å². The number of rotatable bonds is 5. The highest BCUT2D eigenvalue weighted by molar-refractivity contribution is 8.26. The molecule has 0 bridgehead atoms. The third-order valence-electron chi connectivity index (χ3n) is 3.20. The lowest BCUT2D eigenvalue weighted by Crippen LogP contribution is -2.37. The van der Waals surface area contributed by atoms with Crippen molar-refractivity contribution in [2.24, 2.45) is 0 Å². The summed E-state index contributed by atoms with van der Waals surface area (Å²) in [5.41, 5.74) is -1.64. The average molecular weight is 388 g/mol. The van der Waals surface area contributed by atoms with Crippen LogP contribution in [0.1, 0.15) is 6.23 Å². The SMILES string of the molecule is O=c1ccn([C@@H]2O[C@H](COP(=O)(O)P(=O)(O)O)C(O)[C@@H]2O)c(=O)[nH]1. The Kier molecular flexibility index (Phi) is 5.31. The van der Waals surface area contributed by atoms with Crippen LogP contribution >= 0.6 is 14.6 Å². The van der Waals surface area contributed by atoms with Crippen LogP contribution in [0, 0.1) is 0 Å². The van der Waals surface area contributed by atoms with Gasteiger partial charge in [0, 0.05) is 12.3 Å². The van der Waals surface area contributed by atoms with Crippen molar-refractivity contribution in [1.82, 2.24) is 9.55 Å². The zero-order valence-electron chi connectivity index (χ0n) is 11.7. The average Bonchev–Trinajstić information content (AvgIpc) is 2.72. The van der Waals surface area contributed by atoms with Crippen LogP contribution in [-0.2, 0) is 18.4 Å².